The summed E-state index contributed by atoms with van der Waals surface area (Å²) in [5, 5.41) is 0. The molecule has 0 atom stereocenters. The maximum atomic E-state index is 6.70. The Hall–Kier alpha value is -0.740. The Balaban J connectivity index is 2.12. The number of rotatable bonds is 2. The van der Waals surface area contributed by atoms with Crippen molar-refractivity contribution in [3.8, 4) is 11.5 Å². The van der Waals surface area contributed by atoms with Crippen LogP contribution in [0.4, 0.5) is 0 Å². The highest BCUT2D eigenvalue weighted by Gasteiger charge is 2.34. The maximum Gasteiger partial charge on any atom is 0.231 e. The van der Waals surface area contributed by atoms with Crippen molar-refractivity contribution in [1.29, 1.82) is 0 Å². The van der Waals surface area contributed by atoms with Gasteiger partial charge in [0.25, 0.3) is 0 Å². The average molecular weight is 326 g/mol. The van der Waals surface area contributed by atoms with Gasteiger partial charge in [-0.25, -0.2) is 0 Å². The standard InChI is InChI=1S/C15H20BrNO2/c1-2-10-11(15(17)6-4-3-5-7-15)8-12-14(13(10)16)19-9-18-12/h8H,2-7,9,17H2,1H3. The zero-order valence-corrected chi connectivity index (χ0v) is 12.9. The zero-order valence-electron chi connectivity index (χ0n) is 11.3. The lowest BCUT2D eigenvalue weighted by molar-refractivity contribution is 0.173. The highest BCUT2D eigenvalue weighted by atomic mass is 79.9. The molecule has 0 unspecified atom stereocenters. The van der Waals surface area contributed by atoms with Crippen molar-refractivity contribution in [2.45, 2.75) is 51.0 Å². The Labute approximate surface area is 122 Å². The monoisotopic (exact) mass is 325 g/mol. The number of fused-ring (bicyclic) bond motifs is 1. The molecule has 4 heteroatoms. The largest absolute Gasteiger partial charge is 0.454 e. The molecule has 1 aromatic rings. The fraction of sp³-hybridized carbons (Fsp3) is 0.600. The Morgan fingerprint density at radius 3 is 2.68 bits per heavy atom. The van der Waals surface area contributed by atoms with E-state index in [0.717, 1.165) is 35.2 Å². The van der Waals surface area contributed by atoms with E-state index in [1.807, 2.05) is 0 Å². The van der Waals surface area contributed by atoms with E-state index >= 15 is 0 Å². The van der Waals surface area contributed by atoms with Gasteiger partial charge in [-0.3, -0.25) is 0 Å². The van der Waals surface area contributed by atoms with Gasteiger partial charge >= 0.3 is 0 Å². The van der Waals surface area contributed by atoms with Gasteiger partial charge in [-0.1, -0.05) is 26.2 Å². The average Bonchev–Trinajstić information content (AvgIpc) is 2.88. The predicted molar refractivity (Wildman–Crippen MR) is 78.6 cm³/mol. The summed E-state index contributed by atoms with van der Waals surface area (Å²) in [6, 6.07) is 2.11. The second-order valence-corrected chi connectivity index (χ2v) is 6.31. The van der Waals surface area contributed by atoms with E-state index in [4.69, 9.17) is 15.2 Å². The molecule has 3 nitrogen and oxygen atoms in total. The molecule has 2 aliphatic rings. The van der Waals surface area contributed by atoms with E-state index in [1.54, 1.807) is 0 Å². The topological polar surface area (TPSA) is 44.5 Å². The number of hydrogen-bond acceptors (Lipinski definition) is 3. The minimum Gasteiger partial charge on any atom is -0.454 e. The molecule has 0 amide bonds. The van der Waals surface area contributed by atoms with Gasteiger partial charge in [0, 0.05) is 5.54 Å². The third kappa shape index (κ3) is 2.15. The van der Waals surface area contributed by atoms with Gasteiger partial charge in [0.1, 0.15) is 0 Å². The molecule has 1 fully saturated rings. The van der Waals surface area contributed by atoms with Gasteiger partial charge in [0.2, 0.25) is 6.79 Å². The van der Waals surface area contributed by atoms with E-state index in [1.165, 1.54) is 30.4 Å². The molecule has 1 saturated carbocycles. The van der Waals surface area contributed by atoms with Crippen LogP contribution in [0.3, 0.4) is 0 Å². The summed E-state index contributed by atoms with van der Waals surface area (Å²) in [6.07, 6.45) is 6.80. The maximum absolute atomic E-state index is 6.70. The Kier molecular flexibility index (Phi) is 3.48. The van der Waals surface area contributed by atoms with E-state index in [0.29, 0.717) is 6.79 Å². The molecule has 104 valence electrons. The molecule has 1 aliphatic carbocycles. The van der Waals surface area contributed by atoms with Crippen molar-refractivity contribution in [3.05, 3.63) is 21.7 Å². The van der Waals surface area contributed by atoms with Crippen LogP contribution < -0.4 is 15.2 Å². The van der Waals surface area contributed by atoms with Crippen LogP contribution in [0.1, 0.15) is 50.2 Å². The molecule has 1 heterocycles. The fourth-order valence-corrected chi connectivity index (χ4v) is 4.09. The number of ether oxygens (including phenoxy) is 2. The number of benzene rings is 1. The van der Waals surface area contributed by atoms with E-state index in [2.05, 4.69) is 28.9 Å². The quantitative estimate of drug-likeness (QED) is 0.897. The lowest BCUT2D eigenvalue weighted by Crippen LogP contribution is -2.39. The Bertz CT molecular complexity index is 495. The van der Waals surface area contributed by atoms with Gasteiger partial charge in [-0.15, -0.1) is 0 Å². The first-order chi connectivity index (χ1) is 9.15. The smallest absolute Gasteiger partial charge is 0.231 e. The van der Waals surface area contributed by atoms with Crippen molar-refractivity contribution in [3.63, 3.8) is 0 Å². The third-order valence-electron chi connectivity index (χ3n) is 4.34. The zero-order chi connectivity index (χ0) is 13.5. The molecule has 0 spiro atoms. The number of nitrogens with two attached hydrogens (primary N) is 1. The molecule has 0 aromatic heterocycles. The minimum atomic E-state index is -0.201. The van der Waals surface area contributed by atoms with Crippen LogP contribution >= 0.6 is 15.9 Å². The first-order valence-corrected chi connectivity index (χ1v) is 7.85. The Morgan fingerprint density at radius 2 is 2.00 bits per heavy atom. The predicted octanol–water partition coefficient (Wildman–Crippen LogP) is 3.86. The van der Waals surface area contributed by atoms with Crippen molar-refractivity contribution < 1.29 is 9.47 Å². The molecule has 1 aromatic carbocycles. The van der Waals surface area contributed by atoms with Crippen LogP contribution in [-0.2, 0) is 12.0 Å². The second kappa shape index (κ2) is 4.98. The van der Waals surface area contributed by atoms with Gasteiger partial charge in [0.05, 0.1) is 4.47 Å². The summed E-state index contributed by atoms with van der Waals surface area (Å²) in [5.74, 6) is 1.66. The van der Waals surface area contributed by atoms with Crippen molar-refractivity contribution in [1.82, 2.24) is 0 Å². The first kappa shape index (κ1) is 13.3. The van der Waals surface area contributed by atoms with Crippen molar-refractivity contribution in [2.75, 3.05) is 6.79 Å². The fourth-order valence-electron chi connectivity index (χ4n) is 3.28. The number of hydrogen-bond donors (Lipinski definition) is 1. The molecule has 0 radical (unpaired) electrons. The summed E-state index contributed by atoms with van der Waals surface area (Å²) in [6.45, 7) is 2.47. The number of halogens is 1. The summed E-state index contributed by atoms with van der Waals surface area (Å²) >= 11 is 3.67. The normalized spacial score (nSPS) is 20.6. The minimum absolute atomic E-state index is 0.201. The third-order valence-corrected chi connectivity index (χ3v) is 5.18. The molecule has 2 N–H and O–H groups in total. The van der Waals surface area contributed by atoms with Gasteiger partial charge in [-0.2, -0.15) is 0 Å². The van der Waals surface area contributed by atoms with Crippen molar-refractivity contribution >= 4 is 15.9 Å². The molecule has 3 rings (SSSR count). The first-order valence-electron chi connectivity index (χ1n) is 7.06. The van der Waals surface area contributed by atoms with Gasteiger partial charge in [0.15, 0.2) is 11.5 Å². The van der Waals surface area contributed by atoms with Crippen LogP contribution in [0.25, 0.3) is 0 Å². The molecule has 1 aliphatic heterocycles. The van der Waals surface area contributed by atoms with Gasteiger partial charge in [-0.05, 0) is 52.4 Å². The highest BCUT2D eigenvalue weighted by molar-refractivity contribution is 9.10. The van der Waals surface area contributed by atoms with Crippen LogP contribution in [0, 0.1) is 0 Å². The molecule has 0 bridgehead atoms. The summed E-state index contributed by atoms with van der Waals surface area (Å²) < 4.78 is 12.1. The van der Waals surface area contributed by atoms with Crippen LogP contribution in [0.5, 0.6) is 11.5 Å². The lowest BCUT2D eigenvalue weighted by atomic mass is 9.75. The van der Waals surface area contributed by atoms with E-state index in [9.17, 15) is 0 Å². The molecule has 0 saturated heterocycles. The summed E-state index contributed by atoms with van der Waals surface area (Å²) in [7, 11) is 0. The lowest BCUT2D eigenvalue weighted by Gasteiger charge is -2.36. The molecular formula is C15H20BrNO2. The summed E-state index contributed by atoms with van der Waals surface area (Å²) in [5.41, 5.74) is 9.01. The second-order valence-electron chi connectivity index (χ2n) is 5.52. The van der Waals surface area contributed by atoms with E-state index < -0.39 is 0 Å². The van der Waals surface area contributed by atoms with Crippen LogP contribution in [0.15, 0.2) is 10.5 Å². The molecule has 19 heavy (non-hydrogen) atoms. The Morgan fingerprint density at radius 1 is 1.26 bits per heavy atom. The van der Waals surface area contributed by atoms with Crippen LogP contribution in [-0.4, -0.2) is 6.79 Å². The molecular weight excluding hydrogens is 306 g/mol. The SMILES string of the molecule is CCc1c(C2(N)CCCCC2)cc2c(c1Br)OCO2. The van der Waals surface area contributed by atoms with E-state index in [-0.39, 0.29) is 5.54 Å². The van der Waals surface area contributed by atoms with Crippen LogP contribution in [0.2, 0.25) is 0 Å². The van der Waals surface area contributed by atoms with Crippen molar-refractivity contribution in [2.24, 2.45) is 5.73 Å². The summed E-state index contributed by atoms with van der Waals surface area (Å²) in [4.78, 5) is 0. The van der Waals surface area contributed by atoms with Gasteiger partial charge < -0.3 is 15.2 Å². The highest BCUT2D eigenvalue weighted by Crippen LogP contribution is 2.47.